The molecule has 2 unspecified atom stereocenters. The van der Waals surface area contributed by atoms with Gasteiger partial charge in [0.15, 0.2) is 0 Å². The number of nitrogens with zero attached hydrogens (tertiary/aromatic N) is 3. The Balaban J connectivity index is 2.15. The van der Waals surface area contributed by atoms with Gasteiger partial charge in [-0.1, -0.05) is 0 Å². The third kappa shape index (κ3) is 2.57. The SMILES string of the molecule is CC1CC(C(=O)O)CCN1c1ncncc1Br. The number of carboxylic acid groups (broad SMARTS) is 1. The second-order valence-corrected chi connectivity index (χ2v) is 5.15. The lowest BCUT2D eigenvalue weighted by Gasteiger charge is -2.37. The molecule has 1 fully saturated rings. The van der Waals surface area contributed by atoms with Crippen molar-refractivity contribution < 1.29 is 9.90 Å². The number of hydrogen-bond donors (Lipinski definition) is 1. The summed E-state index contributed by atoms with van der Waals surface area (Å²) in [6, 6.07) is 0.177. The average Bonchev–Trinajstić information content (AvgIpc) is 2.30. The number of hydrogen-bond acceptors (Lipinski definition) is 4. The Morgan fingerprint density at radius 2 is 2.41 bits per heavy atom. The van der Waals surface area contributed by atoms with E-state index in [4.69, 9.17) is 5.11 Å². The molecule has 1 aliphatic heterocycles. The first-order chi connectivity index (χ1) is 8.09. The Kier molecular flexibility index (Phi) is 3.61. The summed E-state index contributed by atoms with van der Waals surface area (Å²) in [5.41, 5.74) is 0. The second kappa shape index (κ2) is 5.00. The van der Waals surface area contributed by atoms with Crippen LogP contribution < -0.4 is 4.90 Å². The molecule has 1 aromatic heterocycles. The lowest BCUT2D eigenvalue weighted by molar-refractivity contribution is -0.142. The highest BCUT2D eigenvalue weighted by atomic mass is 79.9. The Hall–Kier alpha value is -1.17. The third-order valence-electron chi connectivity index (χ3n) is 3.15. The zero-order valence-electron chi connectivity index (χ0n) is 9.51. The number of piperidine rings is 1. The van der Waals surface area contributed by atoms with Crippen molar-refractivity contribution in [2.24, 2.45) is 5.92 Å². The van der Waals surface area contributed by atoms with Crippen LogP contribution in [0, 0.1) is 5.92 Å². The molecular weight excluding hydrogens is 286 g/mol. The van der Waals surface area contributed by atoms with Crippen LogP contribution >= 0.6 is 15.9 Å². The summed E-state index contributed by atoms with van der Waals surface area (Å²) >= 11 is 3.42. The molecule has 1 N–H and O–H groups in total. The summed E-state index contributed by atoms with van der Waals surface area (Å²) < 4.78 is 0.848. The molecule has 0 amide bonds. The number of carboxylic acids is 1. The topological polar surface area (TPSA) is 66.3 Å². The molecule has 0 radical (unpaired) electrons. The molecule has 0 aliphatic carbocycles. The Bertz CT molecular complexity index is 427. The van der Waals surface area contributed by atoms with Gasteiger partial charge >= 0.3 is 5.97 Å². The van der Waals surface area contributed by atoms with E-state index in [1.54, 1.807) is 6.20 Å². The molecule has 0 saturated carbocycles. The maximum atomic E-state index is 11.0. The minimum atomic E-state index is -0.696. The molecule has 0 spiro atoms. The van der Waals surface area contributed by atoms with Gasteiger partial charge in [-0.25, -0.2) is 9.97 Å². The first-order valence-electron chi connectivity index (χ1n) is 5.54. The van der Waals surface area contributed by atoms with Crippen molar-refractivity contribution in [3.05, 3.63) is 17.0 Å². The molecule has 1 aliphatic rings. The van der Waals surface area contributed by atoms with Gasteiger partial charge in [0, 0.05) is 18.8 Å². The average molecular weight is 300 g/mol. The Labute approximate surface area is 108 Å². The molecule has 2 heterocycles. The first-order valence-corrected chi connectivity index (χ1v) is 6.34. The molecule has 0 bridgehead atoms. The van der Waals surface area contributed by atoms with Gasteiger partial charge in [0.2, 0.25) is 0 Å². The van der Waals surface area contributed by atoms with E-state index in [1.165, 1.54) is 6.33 Å². The van der Waals surface area contributed by atoms with Crippen LogP contribution in [0.2, 0.25) is 0 Å². The Morgan fingerprint density at radius 1 is 1.65 bits per heavy atom. The molecule has 2 atom stereocenters. The molecule has 1 saturated heterocycles. The van der Waals surface area contributed by atoms with E-state index in [2.05, 4.69) is 30.8 Å². The summed E-state index contributed by atoms with van der Waals surface area (Å²) in [7, 11) is 0. The van der Waals surface area contributed by atoms with E-state index in [0.29, 0.717) is 19.4 Å². The van der Waals surface area contributed by atoms with E-state index < -0.39 is 5.97 Å². The molecule has 2 rings (SSSR count). The van der Waals surface area contributed by atoms with Crippen LogP contribution in [0.15, 0.2) is 17.0 Å². The Morgan fingerprint density at radius 3 is 3.00 bits per heavy atom. The van der Waals surface area contributed by atoms with Crippen LogP contribution in [0.1, 0.15) is 19.8 Å². The standard InChI is InChI=1S/C11H14BrN3O2/c1-7-4-8(11(16)17)2-3-15(7)10-9(12)5-13-6-14-10/h5-8H,2-4H2,1H3,(H,16,17). The summed E-state index contributed by atoms with van der Waals surface area (Å²) in [6.45, 7) is 2.75. The monoisotopic (exact) mass is 299 g/mol. The minimum absolute atomic E-state index is 0.177. The van der Waals surface area contributed by atoms with Gasteiger partial charge in [0.1, 0.15) is 12.1 Å². The van der Waals surface area contributed by atoms with E-state index in [9.17, 15) is 4.79 Å². The molecule has 92 valence electrons. The van der Waals surface area contributed by atoms with Crippen molar-refractivity contribution in [1.29, 1.82) is 0 Å². The lowest BCUT2D eigenvalue weighted by atomic mass is 9.92. The van der Waals surface area contributed by atoms with Crippen LogP contribution in [-0.2, 0) is 4.79 Å². The number of carbonyl (C=O) groups is 1. The number of anilines is 1. The fourth-order valence-corrected chi connectivity index (χ4v) is 2.68. The molecule has 0 aromatic carbocycles. The zero-order valence-corrected chi connectivity index (χ0v) is 11.1. The van der Waals surface area contributed by atoms with Gasteiger partial charge in [0.05, 0.1) is 10.4 Å². The minimum Gasteiger partial charge on any atom is -0.481 e. The van der Waals surface area contributed by atoms with Crippen LogP contribution in [0.5, 0.6) is 0 Å². The number of halogens is 1. The van der Waals surface area contributed by atoms with Gasteiger partial charge in [-0.05, 0) is 35.7 Å². The van der Waals surface area contributed by atoms with Crippen LogP contribution in [0.25, 0.3) is 0 Å². The fraction of sp³-hybridized carbons (Fsp3) is 0.545. The smallest absolute Gasteiger partial charge is 0.306 e. The molecule has 17 heavy (non-hydrogen) atoms. The van der Waals surface area contributed by atoms with Crippen LogP contribution in [-0.4, -0.2) is 33.6 Å². The van der Waals surface area contributed by atoms with Crippen molar-refractivity contribution in [2.75, 3.05) is 11.4 Å². The van der Waals surface area contributed by atoms with Crippen molar-refractivity contribution in [3.8, 4) is 0 Å². The van der Waals surface area contributed by atoms with Crippen molar-refractivity contribution in [2.45, 2.75) is 25.8 Å². The predicted octanol–water partition coefficient (Wildman–Crippen LogP) is 1.93. The number of aliphatic carboxylic acids is 1. The van der Waals surface area contributed by atoms with Crippen molar-refractivity contribution in [3.63, 3.8) is 0 Å². The van der Waals surface area contributed by atoms with Crippen LogP contribution in [0.3, 0.4) is 0 Å². The van der Waals surface area contributed by atoms with E-state index >= 15 is 0 Å². The van der Waals surface area contributed by atoms with E-state index in [1.807, 2.05) is 6.92 Å². The third-order valence-corrected chi connectivity index (χ3v) is 3.71. The van der Waals surface area contributed by atoms with E-state index in [0.717, 1.165) is 10.3 Å². The predicted molar refractivity (Wildman–Crippen MR) is 66.9 cm³/mol. The highest BCUT2D eigenvalue weighted by Gasteiger charge is 2.30. The normalized spacial score (nSPS) is 24.7. The summed E-state index contributed by atoms with van der Waals surface area (Å²) in [4.78, 5) is 21.3. The largest absolute Gasteiger partial charge is 0.481 e. The van der Waals surface area contributed by atoms with Gasteiger partial charge in [0.25, 0.3) is 0 Å². The first kappa shape index (κ1) is 12.3. The van der Waals surface area contributed by atoms with Crippen LogP contribution in [0.4, 0.5) is 5.82 Å². The zero-order chi connectivity index (χ0) is 12.4. The highest BCUT2D eigenvalue weighted by molar-refractivity contribution is 9.10. The van der Waals surface area contributed by atoms with E-state index in [-0.39, 0.29) is 12.0 Å². The highest BCUT2D eigenvalue weighted by Crippen LogP contribution is 2.30. The van der Waals surface area contributed by atoms with Gasteiger partial charge in [-0.3, -0.25) is 4.79 Å². The maximum Gasteiger partial charge on any atom is 0.306 e. The molecule has 1 aromatic rings. The quantitative estimate of drug-likeness (QED) is 0.904. The summed E-state index contributed by atoms with van der Waals surface area (Å²) in [6.07, 6.45) is 4.54. The van der Waals surface area contributed by atoms with Gasteiger partial charge in [-0.2, -0.15) is 0 Å². The number of rotatable bonds is 2. The number of aromatic nitrogens is 2. The molecule has 5 nitrogen and oxygen atoms in total. The summed E-state index contributed by atoms with van der Waals surface area (Å²) in [5, 5.41) is 9.01. The second-order valence-electron chi connectivity index (χ2n) is 4.30. The van der Waals surface area contributed by atoms with Crippen molar-refractivity contribution >= 4 is 27.7 Å². The van der Waals surface area contributed by atoms with Crippen molar-refractivity contribution in [1.82, 2.24) is 9.97 Å². The van der Waals surface area contributed by atoms with Gasteiger partial charge < -0.3 is 10.0 Å². The van der Waals surface area contributed by atoms with Gasteiger partial charge in [-0.15, -0.1) is 0 Å². The lowest BCUT2D eigenvalue weighted by Crippen LogP contribution is -2.43. The summed E-state index contributed by atoms with van der Waals surface area (Å²) in [5.74, 6) is -0.0866. The fourth-order valence-electron chi connectivity index (χ4n) is 2.23. The molecular formula is C11H14BrN3O2. The maximum absolute atomic E-state index is 11.0. The molecule has 6 heteroatoms.